The van der Waals surface area contributed by atoms with E-state index in [2.05, 4.69) is 15.5 Å². The lowest BCUT2D eigenvalue weighted by Crippen LogP contribution is -2.16. The van der Waals surface area contributed by atoms with E-state index in [1.54, 1.807) is 7.05 Å². The van der Waals surface area contributed by atoms with E-state index in [9.17, 15) is 5.11 Å². The van der Waals surface area contributed by atoms with Crippen molar-refractivity contribution in [2.24, 2.45) is 0 Å². The van der Waals surface area contributed by atoms with E-state index in [1.165, 1.54) is 0 Å². The fourth-order valence-corrected chi connectivity index (χ4v) is 0.908. The van der Waals surface area contributed by atoms with Gasteiger partial charge < -0.3 is 10.4 Å². The second-order valence-corrected chi connectivity index (χ2v) is 2.55. The molecule has 0 aliphatic carbocycles. The molecule has 62 valence electrons. The average molecular weight is 155 g/mol. The van der Waals surface area contributed by atoms with Gasteiger partial charge in [-0.25, -0.2) is 0 Å². The van der Waals surface area contributed by atoms with E-state index < -0.39 is 6.10 Å². The maximum absolute atomic E-state index is 9.39. The number of aromatic nitrogens is 2. The Morgan fingerprint density at radius 1 is 1.82 bits per heavy atom. The highest BCUT2D eigenvalue weighted by molar-refractivity contribution is 5.09. The molecule has 4 heteroatoms. The molecule has 1 rings (SSSR count). The summed E-state index contributed by atoms with van der Waals surface area (Å²) < 4.78 is 0. The molecular weight excluding hydrogens is 142 g/mol. The van der Waals surface area contributed by atoms with Gasteiger partial charge in [-0.2, -0.15) is 5.10 Å². The second-order valence-electron chi connectivity index (χ2n) is 2.55. The zero-order chi connectivity index (χ0) is 8.27. The molecule has 0 fully saturated rings. The molecule has 0 bridgehead atoms. The van der Waals surface area contributed by atoms with E-state index in [4.69, 9.17) is 0 Å². The Kier molecular flexibility index (Phi) is 2.62. The van der Waals surface area contributed by atoms with Crippen molar-refractivity contribution in [2.75, 3.05) is 13.6 Å². The Balaban J connectivity index is 2.60. The molecule has 1 atom stereocenters. The first kappa shape index (κ1) is 8.23. The van der Waals surface area contributed by atoms with E-state index in [-0.39, 0.29) is 0 Å². The van der Waals surface area contributed by atoms with Crippen LogP contribution in [0.2, 0.25) is 0 Å². The van der Waals surface area contributed by atoms with Crippen LogP contribution in [0.1, 0.15) is 17.5 Å². The monoisotopic (exact) mass is 155 g/mol. The molecule has 0 amide bonds. The fourth-order valence-electron chi connectivity index (χ4n) is 0.908. The van der Waals surface area contributed by atoms with Crippen molar-refractivity contribution in [1.82, 2.24) is 15.5 Å². The van der Waals surface area contributed by atoms with Gasteiger partial charge in [0.1, 0.15) is 6.10 Å². The molecule has 1 aromatic rings. The van der Waals surface area contributed by atoms with Crippen molar-refractivity contribution >= 4 is 0 Å². The lowest BCUT2D eigenvalue weighted by atomic mass is 10.2. The van der Waals surface area contributed by atoms with Crippen LogP contribution in [0.4, 0.5) is 0 Å². The Labute approximate surface area is 65.6 Å². The van der Waals surface area contributed by atoms with Crippen LogP contribution in [-0.4, -0.2) is 28.9 Å². The SMILES string of the molecule is CNCC(O)c1cc(C)[nH]n1. The number of likely N-dealkylation sites (N-methyl/N-ethyl adjacent to an activating group) is 1. The Bertz CT molecular complexity index is 221. The highest BCUT2D eigenvalue weighted by Crippen LogP contribution is 2.08. The van der Waals surface area contributed by atoms with Gasteiger partial charge in [0.2, 0.25) is 0 Å². The summed E-state index contributed by atoms with van der Waals surface area (Å²) in [6, 6.07) is 1.84. The summed E-state index contributed by atoms with van der Waals surface area (Å²) in [6.07, 6.45) is -0.509. The summed E-state index contributed by atoms with van der Waals surface area (Å²) in [7, 11) is 1.79. The van der Waals surface area contributed by atoms with Gasteiger partial charge in [0.05, 0.1) is 5.69 Å². The standard InChI is InChI=1S/C7H13N3O/c1-5-3-6(10-9-5)7(11)4-8-2/h3,7-8,11H,4H2,1-2H3,(H,9,10). The normalized spacial score (nSPS) is 13.4. The van der Waals surface area contributed by atoms with Crippen LogP contribution in [0, 0.1) is 6.92 Å². The molecule has 0 aromatic carbocycles. The van der Waals surface area contributed by atoms with Crippen LogP contribution in [0.3, 0.4) is 0 Å². The predicted molar refractivity (Wildman–Crippen MR) is 42.2 cm³/mol. The molecule has 4 nitrogen and oxygen atoms in total. The summed E-state index contributed by atoms with van der Waals surface area (Å²) >= 11 is 0. The van der Waals surface area contributed by atoms with Gasteiger partial charge in [-0.3, -0.25) is 5.10 Å². The van der Waals surface area contributed by atoms with Gasteiger partial charge >= 0.3 is 0 Å². The quantitative estimate of drug-likeness (QED) is 0.574. The van der Waals surface area contributed by atoms with Crippen LogP contribution in [0.5, 0.6) is 0 Å². The van der Waals surface area contributed by atoms with Crippen molar-refractivity contribution in [3.05, 3.63) is 17.5 Å². The summed E-state index contributed by atoms with van der Waals surface area (Å²) in [6.45, 7) is 2.44. The van der Waals surface area contributed by atoms with Crippen molar-refractivity contribution in [1.29, 1.82) is 0 Å². The number of rotatable bonds is 3. The zero-order valence-corrected chi connectivity index (χ0v) is 6.76. The second kappa shape index (κ2) is 3.50. The van der Waals surface area contributed by atoms with Crippen LogP contribution < -0.4 is 5.32 Å². The largest absolute Gasteiger partial charge is 0.385 e. The number of aryl methyl sites for hydroxylation is 1. The summed E-state index contributed by atoms with van der Waals surface area (Å²) in [5.41, 5.74) is 1.66. The third kappa shape index (κ3) is 2.03. The maximum atomic E-state index is 9.39. The molecule has 0 aliphatic heterocycles. The minimum Gasteiger partial charge on any atom is -0.385 e. The Morgan fingerprint density at radius 2 is 2.55 bits per heavy atom. The van der Waals surface area contributed by atoms with Gasteiger partial charge in [0.15, 0.2) is 0 Å². The number of nitrogens with one attached hydrogen (secondary N) is 2. The minimum absolute atomic E-state index is 0.509. The van der Waals surface area contributed by atoms with Crippen molar-refractivity contribution in [3.63, 3.8) is 0 Å². The molecular formula is C7H13N3O. The summed E-state index contributed by atoms with van der Waals surface area (Å²) in [4.78, 5) is 0. The van der Waals surface area contributed by atoms with Gasteiger partial charge in [0, 0.05) is 12.2 Å². The predicted octanol–water partition coefficient (Wildman–Crippen LogP) is -0.0291. The lowest BCUT2D eigenvalue weighted by Gasteiger charge is -2.04. The van der Waals surface area contributed by atoms with Crippen LogP contribution in [0.15, 0.2) is 6.07 Å². The number of nitrogens with zero attached hydrogens (tertiary/aromatic N) is 1. The highest BCUT2D eigenvalue weighted by atomic mass is 16.3. The van der Waals surface area contributed by atoms with Gasteiger partial charge in [-0.1, -0.05) is 0 Å². The van der Waals surface area contributed by atoms with Crippen LogP contribution >= 0.6 is 0 Å². The molecule has 0 saturated carbocycles. The molecule has 3 N–H and O–H groups in total. The van der Waals surface area contributed by atoms with Crippen LogP contribution in [0.25, 0.3) is 0 Å². The third-order valence-corrected chi connectivity index (χ3v) is 1.46. The van der Waals surface area contributed by atoms with E-state index in [0.29, 0.717) is 12.2 Å². The average Bonchev–Trinajstić information content (AvgIpc) is 2.36. The zero-order valence-electron chi connectivity index (χ0n) is 6.76. The molecule has 0 spiro atoms. The van der Waals surface area contributed by atoms with Gasteiger partial charge in [-0.15, -0.1) is 0 Å². The molecule has 1 unspecified atom stereocenters. The number of aliphatic hydroxyl groups is 1. The maximum Gasteiger partial charge on any atom is 0.110 e. The smallest absolute Gasteiger partial charge is 0.110 e. The number of hydrogen-bond acceptors (Lipinski definition) is 3. The summed E-state index contributed by atoms with van der Waals surface area (Å²) in [5, 5.41) is 18.9. The molecule has 0 radical (unpaired) electrons. The van der Waals surface area contributed by atoms with Crippen molar-refractivity contribution in [3.8, 4) is 0 Å². The molecule has 11 heavy (non-hydrogen) atoms. The molecule has 1 aromatic heterocycles. The van der Waals surface area contributed by atoms with Crippen LogP contribution in [-0.2, 0) is 0 Å². The fraction of sp³-hybridized carbons (Fsp3) is 0.571. The number of H-pyrrole nitrogens is 1. The molecule has 0 aliphatic rings. The van der Waals surface area contributed by atoms with E-state index >= 15 is 0 Å². The molecule has 1 heterocycles. The van der Waals surface area contributed by atoms with E-state index in [0.717, 1.165) is 5.69 Å². The number of aliphatic hydroxyl groups excluding tert-OH is 1. The highest BCUT2D eigenvalue weighted by Gasteiger charge is 2.08. The minimum atomic E-state index is -0.509. The Morgan fingerprint density at radius 3 is 3.00 bits per heavy atom. The number of aromatic amines is 1. The van der Waals surface area contributed by atoms with Crippen molar-refractivity contribution in [2.45, 2.75) is 13.0 Å². The number of hydrogen-bond donors (Lipinski definition) is 3. The molecule has 0 saturated heterocycles. The van der Waals surface area contributed by atoms with Gasteiger partial charge in [0.25, 0.3) is 0 Å². The first-order valence-electron chi connectivity index (χ1n) is 3.58. The lowest BCUT2D eigenvalue weighted by molar-refractivity contribution is 0.173. The topological polar surface area (TPSA) is 60.9 Å². The first-order chi connectivity index (χ1) is 5.24. The van der Waals surface area contributed by atoms with Gasteiger partial charge in [-0.05, 0) is 20.0 Å². The van der Waals surface area contributed by atoms with E-state index in [1.807, 2.05) is 13.0 Å². The third-order valence-electron chi connectivity index (χ3n) is 1.46. The van der Waals surface area contributed by atoms with Crippen molar-refractivity contribution < 1.29 is 5.11 Å². The first-order valence-corrected chi connectivity index (χ1v) is 3.58. The summed E-state index contributed by atoms with van der Waals surface area (Å²) in [5.74, 6) is 0. The Hall–Kier alpha value is -0.870.